The van der Waals surface area contributed by atoms with Gasteiger partial charge in [-0.3, -0.25) is 19.6 Å². The molecule has 1 unspecified atom stereocenters. The topological polar surface area (TPSA) is 61.4 Å². The first-order chi connectivity index (χ1) is 14.3. The van der Waals surface area contributed by atoms with Gasteiger partial charge in [-0.25, -0.2) is 4.98 Å². The predicted octanol–water partition coefficient (Wildman–Crippen LogP) is 2.56. The molecular formula is C22H25N5OS. The molecule has 1 amide bonds. The van der Waals surface area contributed by atoms with Gasteiger partial charge in [-0.2, -0.15) is 0 Å². The molecule has 1 aliphatic rings. The van der Waals surface area contributed by atoms with Gasteiger partial charge in [0.25, 0.3) is 0 Å². The zero-order valence-corrected chi connectivity index (χ0v) is 17.1. The SMILES string of the molecule is O=C(CN1CCN(Cc2ccccn2)CC1)NC(c1ccccc1)c1nccs1. The van der Waals surface area contributed by atoms with Crippen LogP contribution in [0.25, 0.3) is 0 Å². The van der Waals surface area contributed by atoms with E-state index in [2.05, 4.69) is 31.2 Å². The van der Waals surface area contributed by atoms with Crippen molar-refractivity contribution in [3.63, 3.8) is 0 Å². The summed E-state index contributed by atoms with van der Waals surface area (Å²) in [5.74, 6) is 0.0345. The first-order valence-corrected chi connectivity index (χ1v) is 10.7. The minimum Gasteiger partial charge on any atom is -0.342 e. The number of thiazole rings is 1. The Kier molecular flexibility index (Phi) is 6.61. The molecule has 0 radical (unpaired) electrons. The molecule has 29 heavy (non-hydrogen) atoms. The summed E-state index contributed by atoms with van der Waals surface area (Å²) in [7, 11) is 0. The maximum absolute atomic E-state index is 12.8. The van der Waals surface area contributed by atoms with Crippen LogP contribution in [-0.2, 0) is 11.3 Å². The van der Waals surface area contributed by atoms with E-state index in [-0.39, 0.29) is 11.9 Å². The average molecular weight is 408 g/mol. The molecule has 0 spiro atoms. The first kappa shape index (κ1) is 19.7. The second-order valence-corrected chi connectivity index (χ2v) is 8.08. The van der Waals surface area contributed by atoms with Crippen molar-refractivity contribution in [2.75, 3.05) is 32.7 Å². The number of carbonyl (C=O) groups is 1. The minimum atomic E-state index is -0.200. The second kappa shape index (κ2) is 9.73. The van der Waals surface area contributed by atoms with Crippen molar-refractivity contribution >= 4 is 17.2 Å². The molecule has 4 rings (SSSR count). The van der Waals surface area contributed by atoms with Crippen molar-refractivity contribution in [2.45, 2.75) is 12.6 Å². The Morgan fingerprint density at radius 3 is 2.41 bits per heavy atom. The molecule has 0 saturated carbocycles. The van der Waals surface area contributed by atoms with Crippen molar-refractivity contribution < 1.29 is 4.79 Å². The van der Waals surface area contributed by atoms with Crippen LogP contribution in [-0.4, -0.2) is 58.4 Å². The largest absolute Gasteiger partial charge is 0.342 e. The standard InChI is InChI=1S/C22H25N5OS/c28-20(25-21(22-24-10-15-29-22)18-6-2-1-3-7-18)17-27-13-11-26(12-14-27)16-19-8-4-5-9-23-19/h1-10,15,21H,11-14,16-17H2,(H,25,28). The van der Waals surface area contributed by atoms with E-state index in [0.29, 0.717) is 6.54 Å². The Morgan fingerprint density at radius 1 is 0.966 bits per heavy atom. The fraction of sp³-hybridized carbons (Fsp3) is 0.318. The molecule has 1 N–H and O–H groups in total. The molecule has 7 heteroatoms. The van der Waals surface area contributed by atoms with Crippen LogP contribution >= 0.6 is 11.3 Å². The lowest BCUT2D eigenvalue weighted by Crippen LogP contribution is -2.49. The molecular weight excluding hydrogens is 382 g/mol. The summed E-state index contributed by atoms with van der Waals surface area (Å²) in [4.78, 5) is 26.2. The monoisotopic (exact) mass is 407 g/mol. The number of piperazine rings is 1. The lowest BCUT2D eigenvalue weighted by atomic mass is 10.1. The summed E-state index contributed by atoms with van der Waals surface area (Å²) in [5.41, 5.74) is 2.14. The molecule has 1 saturated heterocycles. The van der Waals surface area contributed by atoms with Gasteiger partial charge in [0.1, 0.15) is 11.0 Å². The van der Waals surface area contributed by atoms with E-state index in [1.54, 1.807) is 17.5 Å². The summed E-state index contributed by atoms with van der Waals surface area (Å²) in [6, 6.07) is 15.8. The quantitative estimate of drug-likeness (QED) is 0.652. The molecule has 6 nitrogen and oxygen atoms in total. The highest BCUT2D eigenvalue weighted by Crippen LogP contribution is 2.23. The Morgan fingerprint density at radius 2 is 1.72 bits per heavy atom. The highest BCUT2D eigenvalue weighted by atomic mass is 32.1. The van der Waals surface area contributed by atoms with Crippen LogP contribution < -0.4 is 5.32 Å². The second-order valence-electron chi connectivity index (χ2n) is 7.15. The third kappa shape index (κ3) is 5.47. The van der Waals surface area contributed by atoms with Gasteiger partial charge in [0.2, 0.25) is 5.91 Å². The minimum absolute atomic E-state index is 0.0345. The Labute approximate surface area is 175 Å². The molecule has 0 bridgehead atoms. The molecule has 150 valence electrons. The van der Waals surface area contributed by atoms with E-state index in [9.17, 15) is 4.79 Å². The van der Waals surface area contributed by atoms with Crippen molar-refractivity contribution in [1.29, 1.82) is 0 Å². The van der Waals surface area contributed by atoms with E-state index >= 15 is 0 Å². The van der Waals surface area contributed by atoms with Gasteiger partial charge in [-0.05, 0) is 17.7 Å². The highest BCUT2D eigenvalue weighted by Gasteiger charge is 2.23. The number of hydrogen-bond donors (Lipinski definition) is 1. The van der Waals surface area contributed by atoms with Crippen molar-refractivity contribution in [3.05, 3.63) is 82.6 Å². The van der Waals surface area contributed by atoms with Crippen molar-refractivity contribution in [1.82, 2.24) is 25.1 Å². The van der Waals surface area contributed by atoms with Crippen LogP contribution in [0.15, 0.2) is 66.3 Å². The van der Waals surface area contributed by atoms with Gasteiger partial charge < -0.3 is 5.32 Å². The Bertz CT molecular complexity index is 880. The highest BCUT2D eigenvalue weighted by molar-refractivity contribution is 7.09. The number of nitrogens with zero attached hydrogens (tertiary/aromatic N) is 4. The van der Waals surface area contributed by atoms with Gasteiger partial charge >= 0.3 is 0 Å². The number of pyridine rings is 1. The maximum atomic E-state index is 12.8. The van der Waals surface area contributed by atoms with Crippen LogP contribution in [0.4, 0.5) is 0 Å². The van der Waals surface area contributed by atoms with E-state index in [1.807, 2.05) is 54.0 Å². The molecule has 3 aromatic rings. The number of nitrogens with one attached hydrogen (secondary N) is 1. The normalized spacial score (nSPS) is 16.4. The third-order valence-corrected chi connectivity index (χ3v) is 5.92. The van der Waals surface area contributed by atoms with E-state index in [4.69, 9.17) is 0 Å². The van der Waals surface area contributed by atoms with Crippen LogP contribution in [0.5, 0.6) is 0 Å². The number of hydrogen-bond acceptors (Lipinski definition) is 6. The molecule has 0 aliphatic carbocycles. The summed E-state index contributed by atoms with van der Waals surface area (Å²) >= 11 is 1.56. The van der Waals surface area contributed by atoms with E-state index < -0.39 is 0 Å². The van der Waals surface area contributed by atoms with Crippen LogP contribution in [0.3, 0.4) is 0 Å². The van der Waals surface area contributed by atoms with Crippen molar-refractivity contribution in [2.24, 2.45) is 0 Å². The number of aromatic nitrogens is 2. The average Bonchev–Trinajstić information content (AvgIpc) is 3.29. The molecule has 1 fully saturated rings. The molecule has 1 atom stereocenters. The van der Waals surface area contributed by atoms with Crippen LogP contribution in [0.1, 0.15) is 22.3 Å². The van der Waals surface area contributed by atoms with Crippen molar-refractivity contribution in [3.8, 4) is 0 Å². The Balaban J connectivity index is 1.30. The number of amides is 1. The fourth-order valence-corrected chi connectivity index (χ4v) is 4.26. The van der Waals surface area contributed by atoms with Crippen LogP contribution in [0, 0.1) is 0 Å². The van der Waals surface area contributed by atoms with Crippen LogP contribution in [0.2, 0.25) is 0 Å². The lowest BCUT2D eigenvalue weighted by molar-refractivity contribution is -0.123. The summed E-state index contributed by atoms with van der Waals surface area (Å²) < 4.78 is 0. The van der Waals surface area contributed by atoms with E-state index in [0.717, 1.165) is 49.0 Å². The summed E-state index contributed by atoms with van der Waals surface area (Å²) in [6.45, 7) is 4.92. The Hall–Kier alpha value is -2.61. The van der Waals surface area contributed by atoms with Gasteiger partial charge in [-0.1, -0.05) is 36.4 Å². The zero-order chi connectivity index (χ0) is 19.9. The van der Waals surface area contributed by atoms with E-state index in [1.165, 1.54) is 0 Å². The molecule has 3 heterocycles. The van der Waals surface area contributed by atoms with Gasteiger partial charge in [0.15, 0.2) is 0 Å². The van der Waals surface area contributed by atoms with Gasteiger partial charge in [0, 0.05) is 50.5 Å². The number of carbonyl (C=O) groups excluding carboxylic acids is 1. The summed E-state index contributed by atoms with van der Waals surface area (Å²) in [5, 5.41) is 6.03. The molecule has 1 aromatic carbocycles. The van der Waals surface area contributed by atoms with Gasteiger partial charge in [0.05, 0.1) is 12.2 Å². The summed E-state index contributed by atoms with van der Waals surface area (Å²) in [6.07, 6.45) is 3.62. The smallest absolute Gasteiger partial charge is 0.235 e. The first-order valence-electron chi connectivity index (χ1n) is 9.86. The molecule has 2 aromatic heterocycles. The number of benzene rings is 1. The fourth-order valence-electron chi connectivity index (χ4n) is 3.55. The lowest BCUT2D eigenvalue weighted by Gasteiger charge is -2.34. The molecule has 1 aliphatic heterocycles. The zero-order valence-electron chi connectivity index (χ0n) is 16.3. The third-order valence-electron chi connectivity index (χ3n) is 5.08. The maximum Gasteiger partial charge on any atom is 0.235 e. The number of rotatable bonds is 7. The van der Waals surface area contributed by atoms with Gasteiger partial charge in [-0.15, -0.1) is 11.3 Å². The predicted molar refractivity (Wildman–Crippen MR) is 114 cm³/mol.